The van der Waals surface area contributed by atoms with Crippen LogP contribution in [0.2, 0.25) is 0 Å². The average Bonchev–Trinajstić information content (AvgIpc) is 2.62. The van der Waals surface area contributed by atoms with Gasteiger partial charge in [-0.3, -0.25) is 9.63 Å². The summed E-state index contributed by atoms with van der Waals surface area (Å²) < 4.78 is 25.7. The number of carbonyl (C=O) groups is 1. The van der Waals surface area contributed by atoms with E-state index < -0.39 is 24.0 Å². The number of hydroxylamine groups is 2. The minimum atomic E-state index is -1.01. The fraction of sp³-hybridized carbons (Fsp3) is 0.786. The van der Waals surface area contributed by atoms with Gasteiger partial charge in [0.1, 0.15) is 5.73 Å². The first-order valence-corrected chi connectivity index (χ1v) is 7.03. The second-order valence-corrected chi connectivity index (χ2v) is 6.29. The van der Waals surface area contributed by atoms with E-state index in [1.54, 1.807) is 6.92 Å². The fourth-order valence-corrected chi connectivity index (χ4v) is 1.82. The number of halogens is 1. The zero-order valence-corrected chi connectivity index (χ0v) is 13.9. The molecule has 21 heavy (non-hydrogen) atoms. The van der Waals surface area contributed by atoms with Crippen molar-refractivity contribution >= 4 is 13.0 Å². The summed E-state index contributed by atoms with van der Waals surface area (Å²) in [6.45, 7) is 9.11. The van der Waals surface area contributed by atoms with Crippen molar-refractivity contribution in [2.24, 2.45) is 0 Å². The molecule has 0 N–H and O–H groups in total. The highest BCUT2D eigenvalue weighted by atomic mass is 19.1. The lowest BCUT2D eigenvalue weighted by Crippen LogP contribution is -2.41. The van der Waals surface area contributed by atoms with Gasteiger partial charge in [0.25, 0.3) is 0 Å². The van der Waals surface area contributed by atoms with Crippen LogP contribution in [0.15, 0.2) is 11.3 Å². The van der Waals surface area contributed by atoms with Gasteiger partial charge in [0.05, 0.1) is 18.3 Å². The summed E-state index contributed by atoms with van der Waals surface area (Å²) in [5.41, 5.74) is -1.17. The average molecular weight is 301 g/mol. The van der Waals surface area contributed by atoms with Crippen molar-refractivity contribution in [3.63, 3.8) is 0 Å². The van der Waals surface area contributed by atoms with Crippen LogP contribution in [0.5, 0.6) is 0 Å². The van der Waals surface area contributed by atoms with E-state index >= 15 is 0 Å². The van der Waals surface area contributed by atoms with E-state index in [4.69, 9.17) is 14.1 Å². The third-order valence-electron chi connectivity index (χ3n) is 4.21. The molecule has 0 saturated carbocycles. The van der Waals surface area contributed by atoms with Crippen LogP contribution in [-0.2, 0) is 18.9 Å². The van der Waals surface area contributed by atoms with Crippen molar-refractivity contribution in [2.75, 3.05) is 14.2 Å². The Bertz CT molecular complexity index is 421. The van der Waals surface area contributed by atoms with E-state index in [1.165, 1.54) is 14.2 Å². The minimum absolute atomic E-state index is 0.170. The Morgan fingerprint density at radius 2 is 1.67 bits per heavy atom. The van der Waals surface area contributed by atoms with E-state index in [1.807, 2.05) is 27.7 Å². The van der Waals surface area contributed by atoms with Gasteiger partial charge in [-0.05, 0) is 46.6 Å². The highest BCUT2D eigenvalue weighted by Gasteiger charge is 2.53. The highest BCUT2D eigenvalue weighted by Crippen LogP contribution is 2.39. The maximum Gasteiger partial charge on any atom is 0.525 e. The van der Waals surface area contributed by atoms with E-state index in [0.717, 1.165) is 5.06 Å². The molecule has 120 valence electrons. The summed E-state index contributed by atoms with van der Waals surface area (Å²) in [6, 6.07) is 0. The number of nitrogens with zero attached hydrogens (tertiary/aromatic N) is 1. The van der Waals surface area contributed by atoms with Crippen molar-refractivity contribution in [3.05, 3.63) is 11.3 Å². The van der Waals surface area contributed by atoms with Gasteiger partial charge < -0.3 is 9.31 Å². The summed E-state index contributed by atoms with van der Waals surface area (Å²) >= 11 is 0. The Morgan fingerprint density at radius 1 is 1.19 bits per heavy atom. The number of allylic oxidation sites excluding steroid dienone is 1. The van der Waals surface area contributed by atoms with E-state index in [0.29, 0.717) is 12.0 Å². The molecule has 1 aliphatic heterocycles. The Balaban J connectivity index is 2.69. The molecule has 0 aromatic carbocycles. The van der Waals surface area contributed by atoms with Gasteiger partial charge >= 0.3 is 7.12 Å². The molecular formula is C14H25BFNO4. The smallest absolute Gasteiger partial charge is 0.398 e. The van der Waals surface area contributed by atoms with Gasteiger partial charge in [-0.2, -0.15) is 0 Å². The van der Waals surface area contributed by atoms with Crippen molar-refractivity contribution in [1.82, 2.24) is 5.06 Å². The number of hydrogen-bond acceptors (Lipinski definition) is 4. The third kappa shape index (κ3) is 4.05. The molecule has 0 aliphatic carbocycles. The topological polar surface area (TPSA) is 48.0 Å². The number of hydrogen-bond donors (Lipinski definition) is 0. The quantitative estimate of drug-likeness (QED) is 0.578. The largest absolute Gasteiger partial charge is 0.525 e. The van der Waals surface area contributed by atoms with Gasteiger partial charge in [-0.25, -0.2) is 9.45 Å². The standard InChI is InChI=1S/C14H25BFNO4/c1-10(8-9-11(18)17(6)19-7)12(16)15-20-13(2,3)14(4,5)21-15/h8-9H2,1-7H3. The molecule has 5 nitrogen and oxygen atoms in total. The third-order valence-corrected chi connectivity index (χ3v) is 4.21. The molecule has 0 atom stereocenters. The summed E-state index contributed by atoms with van der Waals surface area (Å²) in [5, 5.41) is 1.12. The molecule has 7 heteroatoms. The predicted octanol–water partition coefficient (Wildman–Crippen LogP) is 2.66. The molecule has 1 rings (SSSR count). The van der Waals surface area contributed by atoms with Gasteiger partial charge in [0.15, 0.2) is 0 Å². The van der Waals surface area contributed by atoms with Crippen LogP contribution >= 0.6 is 0 Å². The summed E-state index contributed by atoms with van der Waals surface area (Å²) in [6.07, 6.45) is 0.464. The van der Waals surface area contributed by atoms with Crippen molar-refractivity contribution in [1.29, 1.82) is 0 Å². The van der Waals surface area contributed by atoms with Gasteiger partial charge in [-0.15, -0.1) is 0 Å². The van der Waals surface area contributed by atoms with Crippen LogP contribution in [0.25, 0.3) is 0 Å². The monoisotopic (exact) mass is 301 g/mol. The summed E-state index contributed by atoms with van der Waals surface area (Å²) in [4.78, 5) is 16.4. The van der Waals surface area contributed by atoms with Crippen LogP contribution in [0, 0.1) is 0 Å². The van der Waals surface area contributed by atoms with Crippen LogP contribution in [0.1, 0.15) is 47.5 Å². The second-order valence-electron chi connectivity index (χ2n) is 6.29. The molecule has 0 spiro atoms. The lowest BCUT2D eigenvalue weighted by molar-refractivity contribution is -0.168. The Morgan fingerprint density at radius 3 is 2.10 bits per heavy atom. The lowest BCUT2D eigenvalue weighted by atomic mass is 9.84. The SMILES string of the molecule is CON(C)C(=O)CCC(C)=C(F)B1OC(C)(C)C(C)(C)O1. The molecule has 1 heterocycles. The van der Waals surface area contributed by atoms with Crippen LogP contribution in [-0.4, -0.2) is 43.4 Å². The molecule has 1 saturated heterocycles. The van der Waals surface area contributed by atoms with Crippen LogP contribution in [0.3, 0.4) is 0 Å². The molecule has 1 fully saturated rings. The van der Waals surface area contributed by atoms with Crippen molar-refractivity contribution in [2.45, 2.75) is 58.7 Å². The first-order chi connectivity index (χ1) is 9.51. The minimum Gasteiger partial charge on any atom is -0.398 e. The molecular weight excluding hydrogens is 276 g/mol. The summed E-state index contributed by atoms with van der Waals surface area (Å²) in [5.74, 6) is -0.210. The fourth-order valence-electron chi connectivity index (χ4n) is 1.82. The molecule has 0 bridgehead atoms. The zero-order valence-electron chi connectivity index (χ0n) is 13.9. The Hall–Kier alpha value is -0.915. The Kier molecular flexibility index (Phi) is 5.58. The maximum absolute atomic E-state index is 14.4. The Labute approximate surface area is 126 Å². The first kappa shape index (κ1) is 18.1. The normalized spacial score (nSPS) is 21.2. The van der Waals surface area contributed by atoms with Crippen LogP contribution in [0.4, 0.5) is 4.39 Å². The highest BCUT2D eigenvalue weighted by molar-refractivity contribution is 6.53. The van der Waals surface area contributed by atoms with E-state index in [-0.39, 0.29) is 12.3 Å². The molecule has 0 aromatic rings. The molecule has 1 aliphatic rings. The predicted molar refractivity (Wildman–Crippen MR) is 78.9 cm³/mol. The lowest BCUT2D eigenvalue weighted by Gasteiger charge is -2.32. The zero-order chi connectivity index (χ0) is 16.4. The molecule has 1 amide bonds. The first-order valence-electron chi connectivity index (χ1n) is 7.03. The van der Waals surface area contributed by atoms with Gasteiger partial charge in [0.2, 0.25) is 5.91 Å². The molecule has 0 aromatic heterocycles. The van der Waals surface area contributed by atoms with Gasteiger partial charge in [-0.1, -0.05) is 0 Å². The van der Waals surface area contributed by atoms with Gasteiger partial charge in [0, 0.05) is 13.5 Å². The number of carbonyl (C=O) groups excluding carboxylic acids is 1. The van der Waals surface area contributed by atoms with E-state index in [2.05, 4.69) is 0 Å². The van der Waals surface area contributed by atoms with Crippen LogP contribution < -0.4 is 0 Å². The number of rotatable bonds is 5. The van der Waals surface area contributed by atoms with E-state index in [9.17, 15) is 9.18 Å². The maximum atomic E-state index is 14.4. The number of amides is 1. The summed E-state index contributed by atoms with van der Waals surface area (Å²) in [7, 11) is 1.92. The van der Waals surface area contributed by atoms with Crippen molar-refractivity contribution < 1.29 is 23.3 Å². The molecule has 0 unspecified atom stereocenters. The molecule has 0 radical (unpaired) electrons. The second kappa shape index (κ2) is 6.46. The van der Waals surface area contributed by atoms with Crippen molar-refractivity contribution in [3.8, 4) is 0 Å².